The molecule has 0 aromatic carbocycles. The van der Waals surface area contributed by atoms with Gasteiger partial charge in [-0.15, -0.1) is 0 Å². The van der Waals surface area contributed by atoms with Crippen LogP contribution in [-0.2, 0) is 0 Å². The zero-order chi connectivity index (χ0) is 13.9. The van der Waals surface area contributed by atoms with Crippen molar-refractivity contribution in [2.24, 2.45) is 11.7 Å². The highest BCUT2D eigenvalue weighted by atomic mass is 19.4. The van der Waals surface area contributed by atoms with Crippen molar-refractivity contribution in [2.75, 3.05) is 39.3 Å². The SMILES string of the molecule is NCC(CN1CCN(C2CCCC2)CC1)C(F)(F)F. The molecule has 2 rings (SSSR count). The lowest BCUT2D eigenvalue weighted by Gasteiger charge is -2.39. The summed E-state index contributed by atoms with van der Waals surface area (Å²) in [4.78, 5) is 4.37. The summed E-state index contributed by atoms with van der Waals surface area (Å²) in [5.74, 6) is -1.38. The molecule has 1 aliphatic carbocycles. The number of hydrogen-bond donors (Lipinski definition) is 1. The molecule has 19 heavy (non-hydrogen) atoms. The van der Waals surface area contributed by atoms with E-state index < -0.39 is 12.1 Å². The van der Waals surface area contributed by atoms with Crippen molar-refractivity contribution >= 4 is 0 Å². The molecule has 0 amide bonds. The van der Waals surface area contributed by atoms with Crippen molar-refractivity contribution < 1.29 is 13.2 Å². The van der Waals surface area contributed by atoms with E-state index in [0.29, 0.717) is 6.04 Å². The van der Waals surface area contributed by atoms with E-state index >= 15 is 0 Å². The van der Waals surface area contributed by atoms with Crippen LogP contribution in [0, 0.1) is 5.92 Å². The summed E-state index contributed by atoms with van der Waals surface area (Å²) in [6, 6.07) is 0.676. The van der Waals surface area contributed by atoms with E-state index in [0.717, 1.165) is 26.2 Å². The number of nitrogens with two attached hydrogens (primary N) is 1. The van der Waals surface area contributed by atoms with Gasteiger partial charge in [0.2, 0.25) is 0 Å². The van der Waals surface area contributed by atoms with Gasteiger partial charge >= 0.3 is 6.18 Å². The quantitative estimate of drug-likeness (QED) is 0.850. The Kier molecular flexibility index (Phi) is 5.09. The summed E-state index contributed by atoms with van der Waals surface area (Å²) in [6.45, 7) is 3.02. The molecule has 112 valence electrons. The Labute approximate surface area is 112 Å². The maximum atomic E-state index is 12.7. The first-order chi connectivity index (χ1) is 9.00. The molecule has 1 heterocycles. The van der Waals surface area contributed by atoms with Gasteiger partial charge < -0.3 is 10.6 Å². The Morgan fingerprint density at radius 3 is 2.11 bits per heavy atom. The lowest BCUT2D eigenvalue weighted by molar-refractivity contribution is -0.177. The second kappa shape index (κ2) is 6.41. The van der Waals surface area contributed by atoms with Crippen LogP contribution in [0.5, 0.6) is 0 Å². The first-order valence-corrected chi connectivity index (χ1v) is 7.24. The van der Waals surface area contributed by atoms with Gasteiger partial charge in [0.15, 0.2) is 0 Å². The molecule has 1 saturated carbocycles. The molecule has 0 aromatic heterocycles. The summed E-state index contributed by atoms with van der Waals surface area (Å²) in [5, 5.41) is 0. The van der Waals surface area contributed by atoms with Gasteiger partial charge in [0.05, 0.1) is 5.92 Å². The van der Waals surface area contributed by atoms with Gasteiger partial charge in [-0.1, -0.05) is 12.8 Å². The average molecular weight is 279 g/mol. The fourth-order valence-corrected chi connectivity index (χ4v) is 3.20. The summed E-state index contributed by atoms with van der Waals surface area (Å²) in [7, 11) is 0. The van der Waals surface area contributed by atoms with Gasteiger partial charge in [-0.3, -0.25) is 4.90 Å². The Hall–Kier alpha value is -0.330. The number of piperazine rings is 1. The van der Waals surface area contributed by atoms with Gasteiger partial charge in [0.1, 0.15) is 0 Å². The van der Waals surface area contributed by atoms with Crippen molar-refractivity contribution in [3.8, 4) is 0 Å². The van der Waals surface area contributed by atoms with E-state index in [1.54, 1.807) is 0 Å². The molecule has 0 radical (unpaired) electrons. The predicted molar refractivity (Wildman–Crippen MR) is 68.9 cm³/mol. The van der Waals surface area contributed by atoms with Gasteiger partial charge in [-0.05, 0) is 12.8 Å². The number of halogens is 3. The van der Waals surface area contributed by atoms with Crippen LogP contribution < -0.4 is 5.73 Å². The minimum atomic E-state index is -4.17. The Bertz CT molecular complexity index is 269. The average Bonchev–Trinajstić information content (AvgIpc) is 2.89. The van der Waals surface area contributed by atoms with Crippen LogP contribution >= 0.6 is 0 Å². The molecule has 2 N–H and O–H groups in total. The third kappa shape index (κ3) is 4.07. The van der Waals surface area contributed by atoms with E-state index in [1.165, 1.54) is 25.7 Å². The van der Waals surface area contributed by atoms with Crippen molar-refractivity contribution in [1.82, 2.24) is 9.80 Å². The van der Waals surface area contributed by atoms with Crippen molar-refractivity contribution in [1.29, 1.82) is 0 Å². The fourth-order valence-electron chi connectivity index (χ4n) is 3.20. The Balaban J connectivity index is 1.76. The van der Waals surface area contributed by atoms with Gasteiger partial charge in [0.25, 0.3) is 0 Å². The molecule has 2 fully saturated rings. The van der Waals surface area contributed by atoms with Crippen LogP contribution in [0.4, 0.5) is 13.2 Å². The molecule has 0 bridgehead atoms. The zero-order valence-electron chi connectivity index (χ0n) is 11.3. The number of rotatable bonds is 4. The molecule has 1 atom stereocenters. The summed E-state index contributed by atoms with van der Waals surface area (Å²) in [6.07, 6.45) is 0.946. The smallest absolute Gasteiger partial charge is 0.330 e. The third-order valence-electron chi connectivity index (χ3n) is 4.47. The van der Waals surface area contributed by atoms with E-state index in [-0.39, 0.29) is 13.1 Å². The second-order valence-electron chi connectivity index (χ2n) is 5.75. The summed E-state index contributed by atoms with van der Waals surface area (Å²) in [5.41, 5.74) is 5.25. The van der Waals surface area contributed by atoms with Crippen molar-refractivity contribution in [2.45, 2.75) is 37.9 Å². The maximum Gasteiger partial charge on any atom is 0.394 e. The highest BCUT2D eigenvalue weighted by Gasteiger charge is 2.40. The van der Waals surface area contributed by atoms with Crippen molar-refractivity contribution in [3.05, 3.63) is 0 Å². The monoisotopic (exact) mass is 279 g/mol. The lowest BCUT2D eigenvalue weighted by atomic mass is 10.1. The number of alkyl halides is 3. The summed E-state index contributed by atoms with van der Waals surface area (Å²) >= 11 is 0. The van der Waals surface area contributed by atoms with Crippen LogP contribution in [0.25, 0.3) is 0 Å². The van der Waals surface area contributed by atoms with E-state index in [1.807, 2.05) is 4.90 Å². The standard InChI is InChI=1S/C13H24F3N3/c14-13(15,16)11(9-17)10-18-5-7-19(8-6-18)12-3-1-2-4-12/h11-12H,1-10,17H2. The maximum absolute atomic E-state index is 12.7. The van der Waals surface area contributed by atoms with Crippen LogP contribution in [0.3, 0.4) is 0 Å². The second-order valence-corrected chi connectivity index (χ2v) is 5.75. The first-order valence-electron chi connectivity index (χ1n) is 7.24. The van der Waals surface area contributed by atoms with Gasteiger partial charge in [0, 0.05) is 45.3 Å². The van der Waals surface area contributed by atoms with Gasteiger partial charge in [-0.2, -0.15) is 13.2 Å². The highest BCUT2D eigenvalue weighted by Crippen LogP contribution is 2.27. The van der Waals surface area contributed by atoms with Gasteiger partial charge in [-0.25, -0.2) is 0 Å². The minimum Gasteiger partial charge on any atom is -0.330 e. The third-order valence-corrected chi connectivity index (χ3v) is 4.47. The van der Waals surface area contributed by atoms with Crippen LogP contribution in [0.15, 0.2) is 0 Å². The molecule has 1 saturated heterocycles. The van der Waals surface area contributed by atoms with E-state index in [4.69, 9.17) is 5.73 Å². The zero-order valence-corrected chi connectivity index (χ0v) is 11.3. The first kappa shape index (κ1) is 15.1. The van der Waals surface area contributed by atoms with Crippen LogP contribution in [-0.4, -0.2) is 61.3 Å². The highest BCUT2D eigenvalue weighted by molar-refractivity contribution is 4.83. The number of hydrogen-bond acceptors (Lipinski definition) is 3. The topological polar surface area (TPSA) is 32.5 Å². The van der Waals surface area contributed by atoms with Crippen LogP contribution in [0.1, 0.15) is 25.7 Å². The molecule has 1 unspecified atom stereocenters. The van der Waals surface area contributed by atoms with E-state index in [2.05, 4.69) is 4.90 Å². The fraction of sp³-hybridized carbons (Fsp3) is 1.00. The van der Waals surface area contributed by atoms with Crippen LogP contribution in [0.2, 0.25) is 0 Å². The molecule has 2 aliphatic rings. The normalized spacial score (nSPS) is 25.9. The number of nitrogens with zero attached hydrogens (tertiary/aromatic N) is 2. The largest absolute Gasteiger partial charge is 0.394 e. The predicted octanol–water partition coefficient (Wildman–Crippen LogP) is 1.68. The van der Waals surface area contributed by atoms with Crippen molar-refractivity contribution in [3.63, 3.8) is 0 Å². The molecular weight excluding hydrogens is 255 g/mol. The molecule has 1 aliphatic heterocycles. The molecule has 6 heteroatoms. The lowest BCUT2D eigenvalue weighted by Crippen LogP contribution is -2.52. The molecule has 3 nitrogen and oxygen atoms in total. The van der Waals surface area contributed by atoms with E-state index in [9.17, 15) is 13.2 Å². The molecular formula is C13H24F3N3. The minimum absolute atomic E-state index is 0.0541. The molecule has 0 spiro atoms. The Morgan fingerprint density at radius 2 is 1.63 bits per heavy atom. The molecule has 0 aromatic rings. The Morgan fingerprint density at radius 1 is 1.05 bits per heavy atom. The summed E-state index contributed by atoms with van der Waals surface area (Å²) < 4.78 is 38.0.